The maximum Gasteiger partial charge on any atom is 0.289 e. The van der Waals surface area contributed by atoms with Crippen molar-refractivity contribution in [1.29, 1.82) is 0 Å². The summed E-state index contributed by atoms with van der Waals surface area (Å²) in [5, 5.41) is 8.56. The van der Waals surface area contributed by atoms with Crippen molar-refractivity contribution in [1.82, 2.24) is 4.90 Å². The summed E-state index contributed by atoms with van der Waals surface area (Å²) in [5.74, 6) is 0.614. The van der Waals surface area contributed by atoms with Crippen LogP contribution < -0.4 is 0 Å². The highest BCUT2D eigenvalue weighted by molar-refractivity contribution is 6.20. The molecule has 5 heteroatoms. The minimum Gasteiger partial charge on any atom is -0.454 e. The molecule has 0 fully saturated rings. The Hall–Kier alpha value is -1.00. The lowest BCUT2D eigenvalue weighted by atomic mass is 10.3. The molecular weight excluding hydrogens is 230 g/mol. The molecule has 1 amide bonds. The van der Waals surface area contributed by atoms with Gasteiger partial charge in [0, 0.05) is 13.1 Å². The zero-order valence-electron chi connectivity index (χ0n) is 9.44. The molecule has 1 heterocycles. The molecule has 1 aromatic rings. The number of amides is 1. The highest BCUT2D eigenvalue weighted by Crippen LogP contribution is 2.22. The Morgan fingerprint density at radius 2 is 2.31 bits per heavy atom. The van der Waals surface area contributed by atoms with Crippen LogP contribution in [0.3, 0.4) is 0 Å². The summed E-state index contributed by atoms with van der Waals surface area (Å²) in [5.41, 5.74) is 0. The Balaban J connectivity index is 2.78. The monoisotopic (exact) mass is 245 g/mol. The van der Waals surface area contributed by atoms with Gasteiger partial charge in [-0.05, 0) is 26.0 Å². The van der Waals surface area contributed by atoms with E-state index in [1.165, 1.54) is 4.90 Å². The summed E-state index contributed by atoms with van der Waals surface area (Å²) in [4.78, 5) is 13.4. The lowest BCUT2D eigenvalue weighted by Gasteiger charge is -2.17. The van der Waals surface area contributed by atoms with Gasteiger partial charge in [-0.2, -0.15) is 0 Å². The van der Waals surface area contributed by atoms with Crippen molar-refractivity contribution < 1.29 is 14.3 Å². The third-order valence-electron chi connectivity index (χ3n) is 2.27. The molecule has 16 heavy (non-hydrogen) atoms. The lowest BCUT2D eigenvalue weighted by Crippen LogP contribution is -2.33. The summed E-state index contributed by atoms with van der Waals surface area (Å²) in [7, 11) is 0. The second-order valence-corrected chi connectivity index (χ2v) is 4.08. The maximum atomic E-state index is 11.9. The first kappa shape index (κ1) is 13.1. The van der Waals surface area contributed by atoms with E-state index in [-0.39, 0.29) is 23.7 Å². The van der Waals surface area contributed by atoms with Crippen LogP contribution in [0.2, 0.25) is 0 Å². The molecule has 0 bridgehead atoms. The van der Waals surface area contributed by atoms with Gasteiger partial charge in [-0.3, -0.25) is 4.79 Å². The van der Waals surface area contributed by atoms with Crippen molar-refractivity contribution in [2.45, 2.75) is 19.2 Å². The van der Waals surface area contributed by atoms with Crippen LogP contribution >= 0.6 is 11.6 Å². The molecule has 1 aromatic heterocycles. The van der Waals surface area contributed by atoms with E-state index < -0.39 is 0 Å². The number of likely N-dealkylation sites (N-methyl/N-ethyl adjacent to an activating group) is 1. The van der Waals surface area contributed by atoms with E-state index in [0.29, 0.717) is 18.8 Å². The van der Waals surface area contributed by atoms with Gasteiger partial charge in [0.15, 0.2) is 5.76 Å². The van der Waals surface area contributed by atoms with Crippen LogP contribution in [-0.4, -0.2) is 35.6 Å². The number of halogens is 1. The summed E-state index contributed by atoms with van der Waals surface area (Å²) in [6.45, 7) is 4.41. The fourth-order valence-electron chi connectivity index (χ4n) is 1.36. The molecule has 0 aromatic carbocycles. The lowest BCUT2D eigenvalue weighted by molar-refractivity contribution is 0.0698. The summed E-state index contributed by atoms with van der Waals surface area (Å²) < 4.78 is 5.33. The SMILES string of the molecule is CCN(CCO)C(=O)c1ccc(C(C)Cl)o1. The molecule has 0 aliphatic heterocycles. The molecule has 0 saturated heterocycles. The van der Waals surface area contributed by atoms with Crippen LogP contribution in [-0.2, 0) is 0 Å². The Kier molecular flexibility index (Phi) is 4.83. The van der Waals surface area contributed by atoms with Gasteiger partial charge >= 0.3 is 0 Å². The number of furan rings is 1. The standard InChI is InChI=1S/C11H16ClNO3/c1-3-13(6-7-14)11(15)10-5-4-9(16-10)8(2)12/h4-5,8,14H,3,6-7H2,1-2H3. The maximum absolute atomic E-state index is 11.9. The topological polar surface area (TPSA) is 53.7 Å². The fraction of sp³-hybridized carbons (Fsp3) is 0.545. The van der Waals surface area contributed by atoms with Crippen LogP contribution in [0, 0.1) is 0 Å². The third-order valence-corrected chi connectivity index (χ3v) is 2.48. The summed E-state index contributed by atoms with van der Waals surface area (Å²) >= 11 is 5.84. The second-order valence-electron chi connectivity index (χ2n) is 3.43. The van der Waals surface area contributed by atoms with E-state index in [4.69, 9.17) is 21.1 Å². The van der Waals surface area contributed by atoms with E-state index in [2.05, 4.69) is 0 Å². The summed E-state index contributed by atoms with van der Waals surface area (Å²) in [6, 6.07) is 3.30. The molecule has 0 saturated carbocycles. The first-order valence-electron chi connectivity index (χ1n) is 5.24. The molecule has 1 atom stereocenters. The van der Waals surface area contributed by atoms with Gasteiger partial charge in [0.25, 0.3) is 5.91 Å². The predicted molar refractivity (Wildman–Crippen MR) is 61.6 cm³/mol. The molecule has 0 aliphatic rings. The van der Waals surface area contributed by atoms with Crippen molar-refractivity contribution in [3.63, 3.8) is 0 Å². The quantitative estimate of drug-likeness (QED) is 0.808. The van der Waals surface area contributed by atoms with Crippen LogP contribution in [0.15, 0.2) is 16.5 Å². The number of hydrogen-bond donors (Lipinski definition) is 1. The van der Waals surface area contributed by atoms with Gasteiger partial charge in [-0.25, -0.2) is 0 Å². The number of carbonyl (C=O) groups excluding carboxylic acids is 1. The molecule has 0 radical (unpaired) electrons. The van der Waals surface area contributed by atoms with Gasteiger partial charge in [0.2, 0.25) is 0 Å². The molecule has 1 rings (SSSR count). The van der Waals surface area contributed by atoms with Gasteiger partial charge in [-0.15, -0.1) is 11.6 Å². The number of rotatable bonds is 5. The van der Waals surface area contributed by atoms with Crippen LogP contribution in [0.25, 0.3) is 0 Å². The third kappa shape index (κ3) is 3.00. The average Bonchev–Trinajstić information content (AvgIpc) is 2.74. The predicted octanol–water partition coefficient (Wildman–Crippen LogP) is 2.03. The molecular formula is C11H16ClNO3. The van der Waals surface area contributed by atoms with Crippen molar-refractivity contribution in [3.05, 3.63) is 23.7 Å². The first-order valence-corrected chi connectivity index (χ1v) is 5.67. The zero-order chi connectivity index (χ0) is 12.1. The average molecular weight is 246 g/mol. The molecule has 0 spiro atoms. The number of alkyl halides is 1. The van der Waals surface area contributed by atoms with Crippen molar-refractivity contribution >= 4 is 17.5 Å². The van der Waals surface area contributed by atoms with Gasteiger partial charge in [0.05, 0.1) is 12.0 Å². The van der Waals surface area contributed by atoms with Crippen LogP contribution in [0.4, 0.5) is 0 Å². The second kappa shape index (κ2) is 5.92. The molecule has 90 valence electrons. The highest BCUT2D eigenvalue weighted by Gasteiger charge is 2.18. The Bertz CT molecular complexity index is 349. The number of hydrogen-bond acceptors (Lipinski definition) is 3. The van der Waals surface area contributed by atoms with E-state index in [0.717, 1.165) is 0 Å². The summed E-state index contributed by atoms with van der Waals surface area (Å²) in [6.07, 6.45) is 0. The van der Waals surface area contributed by atoms with Gasteiger partial charge in [-0.1, -0.05) is 0 Å². The number of aliphatic hydroxyl groups excluding tert-OH is 1. The smallest absolute Gasteiger partial charge is 0.289 e. The van der Waals surface area contributed by atoms with Crippen molar-refractivity contribution in [3.8, 4) is 0 Å². The van der Waals surface area contributed by atoms with Gasteiger partial charge < -0.3 is 14.4 Å². The largest absolute Gasteiger partial charge is 0.454 e. The molecule has 4 nitrogen and oxygen atoms in total. The van der Waals surface area contributed by atoms with Crippen molar-refractivity contribution in [2.75, 3.05) is 19.7 Å². The molecule has 1 unspecified atom stereocenters. The van der Waals surface area contributed by atoms with E-state index in [1.54, 1.807) is 19.1 Å². The Labute approximate surface area is 99.8 Å². The van der Waals surface area contributed by atoms with Crippen LogP contribution in [0.1, 0.15) is 35.5 Å². The minimum atomic E-state index is -0.255. The number of nitrogens with zero attached hydrogens (tertiary/aromatic N) is 1. The Morgan fingerprint density at radius 1 is 1.62 bits per heavy atom. The van der Waals surface area contributed by atoms with Gasteiger partial charge in [0.1, 0.15) is 5.76 Å². The molecule has 1 N–H and O–H groups in total. The van der Waals surface area contributed by atoms with E-state index >= 15 is 0 Å². The van der Waals surface area contributed by atoms with Crippen LogP contribution in [0.5, 0.6) is 0 Å². The zero-order valence-corrected chi connectivity index (χ0v) is 10.2. The molecule has 0 aliphatic carbocycles. The minimum absolute atomic E-state index is 0.0565. The van der Waals surface area contributed by atoms with Crippen molar-refractivity contribution in [2.24, 2.45) is 0 Å². The number of aliphatic hydroxyl groups is 1. The normalized spacial score (nSPS) is 12.5. The fourth-order valence-corrected chi connectivity index (χ4v) is 1.48. The highest BCUT2D eigenvalue weighted by atomic mass is 35.5. The first-order chi connectivity index (χ1) is 7.60. The van der Waals surface area contributed by atoms with E-state index in [9.17, 15) is 4.79 Å². The Morgan fingerprint density at radius 3 is 2.75 bits per heavy atom. The van der Waals surface area contributed by atoms with E-state index in [1.807, 2.05) is 6.92 Å². The number of carbonyl (C=O) groups is 1.